The van der Waals surface area contributed by atoms with E-state index in [-0.39, 0.29) is 5.69 Å². The summed E-state index contributed by atoms with van der Waals surface area (Å²) in [5.41, 5.74) is -3.55. The Morgan fingerprint density at radius 3 is 1.44 bits per heavy atom. The minimum Gasteiger partial charge on any atom is -0.204 e. The van der Waals surface area contributed by atoms with Crippen molar-refractivity contribution in [3.05, 3.63) is 112 Å². The first-order valence-corrected chi connectivity index (χ1v) is 12.1. The first-order chi connectivity index (χ1) is 19.5. The molecule has 0 fully saturated rings. The van der Waals surface area contributed by atoms with E-state index in [0.717, 1.165) is 43.0 Å². The van der Waals surface area contributed by atoms with Gasteiger partial charge >= 0.3 is 0 Å². The standard InChI is InChI=1S/C28H17BF10N2/c1-2-3-6-13-9-11-14(12-10-13)40-41-16-8-5-4-7-15(16)29(17-19(30)23(34)27(38)24(35)20(17)31)18-21(32)25(36)28(39)26(37)22(18)33/h4-5,7-12H,2-3,6H2,1H3. The smallest absolute Gasteiger partial charge is 0.204 e. The van der Waals surface area contributed by atoms with Crippen molar-refractivity contribution in [3.63, 3.8) is 0 Å². The highest BCUT2D eigenvalue weighted by Crippen LogP contribution is 2.24. The van der Waals surface area contributed by atoms with Crippen molar-refractivity contribution >= 4 is 34.5 Å². The highest BCUT2D eigenvalue weighted by atomic mass is 19.2. The average Bonchev–Trinajstić information content (AvgIpc) is 2.98. The third-order valence-electron chi connectivity index (χ3n) is 6.34. The Balaban J connectivity index is 1.97. The zero-order valence-electron chi connectivity index (χ0n) is 21.0. The van der Waals surface area contributed by atoms with E-state index in [2.05, 4.69) is 10.2 Å². The van der Waals surface area contributed by atoms with Crippen LogP contribution >= 0.6 is 0 Å². The van der Waals surface area contributed by atoms with Crippen LogP contribution in [-0.2, 0) is 6.42 Å². The van der Waals surface area contributed by atoms with Gasteiger partial charge in [0.25, 0.3) is 6.71 Å². The van der Waals surface area contributed by atoms with E-state index < -0.39 is 87.0 Å². The molecule has 0 aliphatic rings. The van der Waals surface area contributed by atoms with Gasteiger partial charge in [0, 0.05) is 10.9 Å². The van der Waals surface area contributed by atoms with Gasteiger partial charge in [-0.05, 0) is 42.1 Å². The fraction of sp³-hybridized carbons (Fsp3) is 0.143. The van der Waals surface area contributed by atoms with Crippen LogP contribution in [0.3, 0.4) is 0 Å². The molecule has 0 bridgehead atoms. The molecule has 0 aromatic heterocycles. The van der Waals surface area contributed by atoms with E-state index in [4.69, 9.17) is 0 Å². The SMILES string of the molecule is CCCCc1ccc(N=Nc2ccccc2B(c2c(F)c(F)c(F)c(F)c2F)c2c(F)c(F)c(F)c(F)c2F)cc1. The molecule has 4 aromatic carbocycles. The molecule has 0 amide bonds. The number of nitrogens with zero attached hydrogens (tertiary/aromatic N) is 2. The maximum absolute atomic E-state index is 15.0. The Kier molecular flexibility index (Phi) is 8.84. The summed E-state index contributed by atoms with van der Waals surface area (Å²) in [6.07, 6.45) is 2.69. The van der Waals surface area contributed by atoms with E-state index in [1.54, 1.807) is 24.3 Å². The molecular weight excluding hydrogens is 565 g/mol. The van der Waals surface area contributed by atoms with Gasteiger partial charge in [0.2, 0.25) is 0 Å². The van der Waals surface area contributed by atoms with Crippen molar-refractivity contribution < 1.29 is 43.9 Å². The van der Waals surface area contributed by atoms with Gasteiger partial charge in [-0.15, -0.1) is 0 Å². The molecule has 0 unspecified atom stereocenters. The molecule has 0 radical (unpaired) electrons. The molecule has 212 valence electrons. The summed E-state index contributed by atoms with van der Waals surface area (Å²) in [5, 5.41) is 7.85. The number of rotatable bonds is 8. The molecule has 0 aliphatic heterocycles. The van der Waals surface area contributed by atoms with Crippen molar-refractivity contribution in [1.29, 1.82) is 0 Å². The molecule has 0 aliphatic carbocycles. The van der Waals surface area contributed by atoms with Crippen LogP contribution in [0.1, 0.15) is 25.3 Å². The number of azo groups is 1. The molecule has 41 heavy (non-hydrogen) atoms. The Morgan fingerprint density at radius 1 is 0.537 bits per heavy atom. The van der Waals surface area contributed by atoms with Crippen molar-refractivity contribution in [3.8, 4) is 0 Å². The lowest BCUT2D eigenvalue weighted by Gasteiger charge is -2.21. The van der Waals surface area contributed by atoms with Gasteiger partial charge in [-0.3, -0.25) is 0 Å². The Morgan fingerprint density at radius 2 is 0.976 bits per heavy atom. The van der Waals surface area contributed by atoms with Crippen molar-refractivity contribution in [2.45, 2.75) is 26.2 Å². The van der Waals surface area contributed by atoms with Gasteiger partial charge in [-0.2, -0.15) is 10.2 Å². The van der Waals surface area contributed by atoms with Crippen LogP contribution in [0.4, 0.5) is 55.3 Å². The van der Waals surface area contributed by atoms with E-state index in [1.165, 1.54) is 6.07 Å². The maximum atomic E-state index is 15.0. The Labute approximate surface area is 227 Å². The summed E-state index contributed by atoms with van der Waals surface area (Å²) < 4.78 is 144. The highest BCUT2D eigenvalue weighted by molar-refractivity contribution is 6.96. The summed E-state index contributed by atoms with van der Waals surface area (Å²) in [5.74, 6) is -25.3. The minimum atomic E-state index is -2.74. The third-order valence-corrected chi connectivity index (χ3v) is 6.34. The second-order valence-corrected chi connectivity index (χ2v) is 8.93. The lowest BCUT2D eigenvalue weighted by atomic mass is 9.36. The molecule has 2 nitrogen and oxygen atoms in total. The fourth-order valence-electron chi connectivity index (χ4n) is 4.25. The van der Waals surface area contributed by atoms with Gasteiger partial charge < -0.3 is 0 Å². The largest absolute Gasteiger partial charge is 0.260 e. The first-order valence-electron chi connectivity index (χ1n) is 12.1. The van der Waals surface area contributed by atoms with E-state index in [1.807, 2.05) is 6.92 Å². The van der Waals surface area contributed by atoms with E-state index >= 15 is 0 Å². The molecule has 0 atom stereocenters. The van der Waals surface area contributed by atoms with Gasteiger partial charge in [0.1, 0.15) is 0 Å². The van der Waals surface area contributed by atoms with Crippen LogP contribution in [0, 0.1) is 58.2 Å². The molecule has 0 heterocycles. The first kappa shape index (κ1) is 29.8. The summed E-state index contributed by atoms with van der Waals surface area (Å²) >= 11 is 0. The quantitative estimate of drug-likeness (QED) is 0.0683. The summed E-state index contributed by atoms with van der Waals surface area (Å²) in [4.78, 5) is 0. The zero-order chi connectivity index (χ0) is 30.0. The summed E-state index contributed by atoms with van der Waals surface area (Å²) in [6.45, 7) is -0.720. The number of halogens is 10. The van der Waals surface area contributed by atoms with Crippen molar-refractivity contribution in [2.24, 2.45) is 10.2 Å². The van der Waals surface area contributed by atoms with Crippen molar-refractivity contribution in [1.82, 2.24) is 0 Å². The predicted octanol–water partition coefficient (Wildman–Crippen LogP) is 7.35. The predicted molar refractivity (Wildman–Crippen MR) is 133 cm³/mol. The van der Waals surface area contributed by atoms with Crippen LogP contribution in [-0.4, -0.2) is 6.71 Å². The number of hydrogen-bond acceptors (Lipinski definition) is 2. The van der Waals surface area contributed by atoms with Crippen LogP contribution < -0.4 is 16.4 Å². The number of benzene rings is 4. The molecule has 0 saturated carbocycles. The lowest BCUT2D eigenvalue weighted by molar-refractivity contribution is 0.382. The molecular formula is C28H17BF10N2. The monoisotopic (exact) mass is 582 g/mol. The fourth-order valence-corrected chi connectivity index (χ4v) is 4.25. The van der Waals surface area contributed by atoms with Crippen LogP contribution in [0.15, 0.2) is 58.8 Å². The van der Waals surface area contributed by atoms with Crippen molar-refractivity contribution in [2.75, 3.05) is 0 Å². The summed E-state index contributed by atoms with van der Waals surface area (Å²) in [6, 6.07) is 11.1. The van der Waals surface area contributed by atoms with Gasteiger partial charge in [0.05, 0.1) is 11.4 Å². The average molecular weight is 582 g/mol. The van der Waals surface area contributed by atoms with Gasteiger partial charge in [-0.25, -0.2) is 43.9 Å². The number of aryl methyl sites for hydroxylation is 1. The normalized spacial score (nSPS) is 11.5. The second kappa shape index (κ2) is 12.2. The maximum Gasteiger partial charge on any atom is 0.260 e. The van der Waals surface area contributed by atoms with Crippen LogP contribution in [0.25, 0.3) is 0 Å². The Hall–Kier alpha value is -4.16. The van der Waals surface area contributed by atoms with Crippen LogP contribution in [0.5, 0.6) is 0 Å². The highest BCUT2D eigenvalue weighted by Gasteiger charge is 2.41. The minimum absolute atomic E-state index is 0.254. The topological polar surface area (TPSA) is 24.7 Å². The number of unbranched alkanes of at least 4 members (excludes halogenated alkanes) is 1. The zero-order valence-corrected chi connectivity index (χ0v) is 21.0. The molecule has 4 aromatic rings. The molecule has 0 N–H and O–H groups in total. The second-order valence-electron chi connectivity index (χ2n) is 8.93. The molecule has 4 rings (SSSR count). The third kappa shape index (κ3) is 5.57. The van der Waals surface area contributed by atoms with E-state index in [9.17, 15) is 43.9 Å². The van der Waals surface area contributed by atoms with Gasteiger partial charge in [-0.1, -0.05) is 43.7 Å². The molecule has 0 spiro atoms. The van der Waals surface area contributed by atoms with Crippen LogP contribution in [0.2, 0.25) is 0 Å². The van der Waals surface area contributed by atoms with Gasteiger partial charge in [0.15, 0.2) is 58.2 Å². The number of hydrogen-bond donors (Lipinski definition) is 0. The molecule has 0 saturated heterocycles. The Bertz CT molecular complexity index is 1510. The lowest BCUT2D eigenvalue weighted by Crippen LogP contribution is -2.58. The molecule has 13 heteroatoms. The summed E-state index contributed by atoms with van der Waals surface area (Å²) in [7, 11) is 0. The van der Waals surface area contributed by atoms with E-state index in [0.29, 0.717) is 0 Å².